The summed E-state index contributed by atoms with van der Waals surface area (Å²) in [6.07, 6.45) is -3.07. The number of sulfone groups is 1. The second-order valence-corrected chi connectivity index (χ2v) is 10.4. The van der Waals surface area contributed by atoms with E-state index in [4.69, 9.17) is 4.74 Å². The maximum Gasteiger partial charge on any atom is 0.416 e. The van der Waals surface area contributed by atoms with Crippen molar-refractivity contribution in [1.29, 1.82) is 0 Å². The third-order valence-corrected chi connectivity index (χ3v) is 6.65. The van der Waals surface area contributed by atoms with E-state index in [0.29, 0.717) is 25.1 Å². The zero-order valence-electron chi connectivity index (χ0n) is 19.6. The van der Waals surface area contributed by atoms with Crippen molar-refractivity contribution < 1.29 is 35.8 Å². The van der Waals surface area contributed by atoms with Gasteiger partial charge in [0.2, 0.25) is 0 Å². The van der Waals surface area contributed by atoms with Gasteiger partial charge in [0.1, 0.15) is 11.6 Å². The van der Waals surface area contributed by atoms with Crippen LogP contribution in [0.25, 0.3) is 0 Å². The highest BCUT2D eigenvalue weighted by molar-refractivity contribution is 7.90. The Labute approximate surface area is 207 Å². The van der Waals surface area contributed by atoms with E-state index in [1.165, 1.54) is 12.1 Å². The summed E-state index contributed by atoms with van der Waals surface area (Å²) in [6, 6.07) is 16.9. The molecule has 1 N–H and O–H groups in total. The Bertz CT molecular complexity index is 1260. The molecule has 0 amide bonds. The average molecular weight is 526 g/mol. The Kier molecular flexibility index (Phi) is 9.10. The van der Waals surface area contributed by atoms with Crippen molar-refractivity contribution in [2.75, 3.05) is 19.4 Å². The number of aliphatic hydroxyl groups is 1. The van der Waals surface area contributed by atoms with Crippen LogP contribution in [-0.2, 0) is 35.7 Å². The molecule has 3 aromatic rings. The van der Waals surface area contributed by atoms with Crippen molar-refractivity contribution in [1.82, 2.24) is 4.90 Å². The number of hydrogen-bond donors (Lipinski definition) is 1. The van der Waals surface area contributed by atoms with Crippen molar-refractivity contribution in [3.05, 3.63) is 94.8 Å². The molecule has 3 aromatic carbocycles. The first-order valence-electron chi connectivity index (χ1n) is 11.2. The highest BCUT2D eigenvalue weighted by Gasteiger charge is 2.30. The Morgan fingerprint density at radius 2 is 1.61 bits per heavy atom. The van der Waals surface area contributed by atoms with Crippen molar-refractivity contribution in [3.8, 4) is 5.75 Å². The molecular weight excluding hydrogens is 498 g/mol. The summed E-state index contributed by atoms with van der Waals surface area (Å²) in [5, 5.41) is 9.32. The lowest BCUT2D eigenvalue weighted by atomic mass is 10.1. The summed E-state index contributed by atoms with van der Waals surface area (Å²) in [5.74, 6) is -0.872. The smallest absolute Gasteiger partial charge is 0.416 e. The van der Waals surface area contributed by atoms with Crippen molar-refractivity contribution in [3.63, 3.8) is 0 Å². The summed E-state index contributed by atoms with van der Waals surface area (Å²) in [4.78, 5) is 1.64. The molecule has 0 aromatic heterocycles. The lowest BCUT2D eigenvalue weighted by Gasteiger charge is -2.23. The van der Waals surface area contributed by atoms with E-state index in [0.717, 1.165) is 30.0 Å². The first-order chi connectivity index (χ1) is 17.0. The van der Waals surface area contributed by atoms with E-state index < -0.39 is 34.0 Å². The van der Waals surface area contributed by atoms with E-state index in [1.807, 2.05) is 35.2 Å². The SMILES string of the molecule is CS(=O)(=O)c1cc(OCCCN(Cc2ccccc2)Cc2cccc(C(F)(F)F)c2)cc(F)c1CO. The molecule has 0 bridgehead atoms. The third kappa shape index (κ3) is 7.78. The maximum atomic E-state index is 14.3. The molecule has 3 rings (SSSR count). The monoisotopic (exact) mass is 525 g/mol. The number of halogens is 4. The molecule has 0 aliphatic rings. The largest absolute Gasteiger partial charge is 0.493 e. The molecule has 36 heavy (non-hydrogen) atoms. The molecule has 10 heteroatoms. The van der Waals surface area contributed by atoms with Gasteiger partial charge in [-0.25, -0.2) is 12.8 Å². The van der Waals surface area contributed by atoms with Gasteiger partial charge in [-0.1, -0.05) is 48.5 Å². The lowest BCUT2D eigenvalue weighted by Crippen LogP contribution is -2.25. The molecule has 0 heterocycles. The Morgan fingerprint density at radius 3 is 2.25 bits per heavy atom. The predicted molar refractivity (Wildman–Crippen MR) is 128 cm³/mol. The number of aliphatic hydroxyl groups excluding tert-OH is 1. The number of rotatable bonds is 11. The van der Waals surface area contributed by atoms with Gasteiger partial charge in [0.05, 0.1) is 23.7 Å². The number of hydrogen-bond acceptors (Lipinski definition) is 5. The second kappa shape index (κ2) is 11.9. The molecular formula is C26H27F4NO4S. The summed E-state index contributed by atoms with van der Waals surface area (Å²) in [5.41, 5.74) is 0.476. The van der Waals surface area contributed by atoms with Gasteiger partial charge in [-0.2, -0.15) is 13.2 Å². The number of nitrogens with zero attached hydrogens (tertiary/aromatic N) is 1. The highest BCUT2D eigenvalue weighted by atomic mass is 32.2. The van der Waals surface area contributed by atoms with Crippen LogP contribution in [0, 0.1) is 5.82 Å². The Hall–Kier alpha value is -2.95. The van der Waals surface area contributed by atoms with Crippen molar-refractivity contribution >= 4 is 9.84 Å². The van der Waals surface area contributed by atoms with Gasteiger partial charge in [0.15, 0.2) is 9.84 Å². The van der Waals surface area contributed by atoms with Gasteiger partial charge >= 0.3 is 6.18 Å². The summed E-state index contributed by atoms with van der Waals surface area (Å²) >= 11 is 0. The van der Waals surface area contributed by atoms with Crippen LogP contribution in [0.3, 0.4) is 0 Å². The van der Waals surface area contributed by atoms with Crippen LogP contribution < -0.4 is 4.74 Å². The van der Waals surface area contributed by atoms with E-state index in [9.17, 15) is 31.1 Å². The molecule has 0 radical (unpaired) electrons. The quantitative estimate of drug-likeness (QED) is 0.275. The zero-order chi connectivity index (χ0) is 26.3. The molecule has 0 spiro atoms. The number of benzene rings is 3. The van der Waals surface area contributed by atoms with Gasteiger partial charge in [-0.15, -0.1) is 0 Å². The molecule has 0 aliphatic heterocycles. The Balaban J connectivity index is 1.69. The first kappa shape index (κ1) is 27.6. The van der Waals surface area contributed by atoms with Gasteiger partial charge < -0.3 is 9.84 Å². The van der Waals surface area contributed by atoms with E-state index >= 15 is 0 Å². The van der Waals surface area contributed by atoms with Crippen molar-refractivity contribution in [2.24, 2.45) is 0 Å². The number of ether oxygens (including phenoxy) is 1. The molecule has 194 valence electrons. The molecule has 5 nitrogen and oxygen atoms in total. The van der Waals surface area contributed by atoms with Crippen LogP contribution in [-0.4, -0.2) is 37.8 Å². The Morgan fingerprint density at radius 1 is 0.944 bits per heavy atom. The molecule has 0 atom stereocenters. The standard InChI is InChI=1S/C26H27F4NO4S/c1-36(33,34)25-15-22(14-24(27)23(25)18-32)35-12-6-11-31(16-19-7-3-2-4-8-19)17-20-9-5-10-21(13-20)26(28,29)30/h2-5,7-10,13-15,32H,6,11-12,16-18H2,1H3. The van der Waals surface area contributed by atoms with Crippen LogP contribution in [0.15, 0.2) is 71.6 Å². The average Bonchev–Trinajstić information content (AvgIpc) is 2.81. The molecule has 0 unspecified atom stereocenters. The molecule has 0 fully saturated rings. The minimum atomic E-state index is -4.43. The summed E-state index contributed by atoms with van der Waals surface area (Å²) in [6.45, 7) is 0.584. The van der Waals surface area contributed by atoms with Gasteiger partial charge in [-0.05, 0) is 29.7 Å². The fourth-order valence-electron chi connectivity index (χ4n) is 3.79. The fraction of sp³-hybridized carbons (Fsp3) is 0.308. The maximum absolute atomic E-state index is 14.3. The molecule has 0 saturated carbocycles. The van der Waals surface area contributed by atoms with Gasteiger partial charge in [0.25, 0.3) is 0 Å². The second-order valence-electron chi connectivity index (χ2n) is 8.41. The van der Waals surface area contributed by atoms with E-state index in [1.54, 1.807) is 6.07 Å². The van der Waals surface area contributed by atoms with Gasteiger partial charge in [-0.3, -0.25) is 4.90 Å². The van der Waals surface area contributed by atoms with Gasteiger partial charge in [0, 0.05) is 37.5 Å². The topological polar surface area (TPSA) is 66.8 Å². The van der Waals surface area contributed by atoms with Crippen LogP contribution in [0.5, 0.6) is 5.75 Å². The van der Waals surface area contributed by atoms with E-state index in [2.05, 4.69) is 0 Å². The van der Waals surface area contributed by atoms with Crippen LogP contribution in [0.2, 0.25) is 0 Å². The third-order valence-electron chi connectivity index (χ3n) is 5.48. The minimum absolute atomic E-state index is 0.0117. The van der Waals surface area contributed by atoms with E-state index in [-0.39, 0.29) is 29.4 Å². The van der Waals surface area contributed by atoms with Crippen molar-refractivity contribution in [2.45, 2.75) is 37.2 Å². The zero-order valence-corrected chi connectivity index (χ0v) is 20.4. The minimum Gasteiger partial charge on any atom is -0.493 e. The normalized spacial score (nSPS) is 12.2. The predicted octanol–water partition coefficient (Wildman–Crippen LogP) is 5.21. The first-order valence-corrected chi connectivity index (χ1v) is 13.0. The lowest BCUT2D eigenvalue weighted by molar-refractivity contribution is -0.137. The molecule has 0 aliphatic carbocycles. The van der Waals surface area contributed by atoms with Crippen LogP contribution in [0.1, 0.15) is 28.7 Å². The molecule has 0 saturated heterocycles. The van der Waals surface area contributed by atoms with Crippen LogP contribution in [0.4, 0.5) is 17.6 Å². The van der Waals surface area contributed by atoms with Crippen LogP contribution >= 0.6 is 0 Å². The fourth-order valence-corrected chi connectivity index (χ4v) is 4.73. The highest BCUT2D eigenvalue weighted by Crippen LogP contribution is 2.30. The summed E-state index contributed by atoms with van der Waals surface area (Å²) < 4.78 is 83.2. The summed E-state index contributed by atoms with van der Waals surface area (Å²) in [7, 11) is -3.79. The number of alkyl halides is 3.